The van der Waals surface area contributed by atoms with E-state index >= 15 is 0 Å². The average molecular weight is 437 g/mol. The van der Waals surface area contributed by atoms with Crippen molar-refractivity contribution in [1.82, 2.24) is 15.2 Å². The van der Waals surface area contributed by atoms with Crippen molar-refractivity contribution in [2.24, 2.45) is 0 Å². The second-order valence-electron chi connectivity index (χ2n) is 6.22. The maximum absolute atomic E-state index is 13.7. The summed E-state index contributed by atoms with van der Waals surface area (Å²) in [6.07, 6.45) is 1.44. The number of hydrogen-bond acceptors (Lipinski definition) is 8. The number of carbonyl (C=O) groups is 1. The summed E-state index contributed by atoms with van der Waals surface area (Å²) in [5.41, 5.74) is -0.155. The Hall–Kier alpha value is -3.31. The summed E-state index contributed by atoms with van der Waals surface area (Å²) in [6, 6.07) is 4.54. The van der Waals surface area contributed by atoms with E-state index in [1.165, 1.54) is 12.3 Å². The predicted molar refractivity (Wildman–Crippen MR) is 104 cm³/mol. The number of rotatable bonds is 5. The third kappa shape index (κ3) is 4.31. The van der Waals surface area contributed by atoms with Gasteiger partial charge in [-0.1, -0.05) is 22.8 Å². The van der Waals surface area contributed by atoms with E-state index in [0.717, 1.165) is 12.1 Å². The molecule has 9 nitrogen and oxygen atoms in total. The van der Waals surface area contributed by atoms with Gasteiger partial charge in [-0.3, -0.25) is 4.79 Å². The van der Waals surface area contributed by atoms with Crippen molar-refractivity contribution in [1.29, 1.82) is 0 Å². The van der Waals surface area contributed by atoms with Gasteiger partial charge in [-0.05, 0) is 18.2 Å². The highest BCUT2D eigenvalue weighted by Gasteiger charge is 2.19. The number of para-hydroxylation sites is 1. The first-order chi connectivity index (χ1) is 14.5. The van der Waals surface area contributed by atoms with Crippen LogP contribution in [0.5, 0.6) is 0 Å². The van der Waals surface area contributed by atoms with Gasteiger partial charge in [0.25, 0.3) is 0 Å². The SMILES string of the molecule is O=C(Nc1cnc(N2CCOCC2)c(Cl)c1)c1nnc(Nc2c(F)cccc2F)o1. The Kier molecular flexibility index (Phi) is 5.72. The molecule has 1 aromatic carbocycles. The van der Waals surface area contributed by atoms with Crippen LogP contribution in [0.2, 0.25) is 5.02 Å². The van der Waals surface area contributed by atoms with Gasteiger partial charge >= 0.3 is 17.8 Å². The van der Waals surface area contributed by atoms with Gasteiger partial charge in [0.15, 0.2) is 0 Å². The van der Waals surface area contributed by atoms with Crippen LogP contribution in [-0.2, 0) is 4.74 Å². The summed E-state index contributed by atoms with van der Waals surface area (Å²) in [6.45, 7) is 2.50. The summed E-state index contributed by atoms with van der Waals surface area (Å²) in [5, 5.41) is 12.3. The molecule has 12 heteroatoms. The van der Waals surface area contributed by atoms with Crippen LogP contribution in [0.15, 0.2) is 34.9 Å². The second kappa shape index (κ2) is 8.59. The summed E-state index contributed by atoms with van der Waals surface area (Å²) >= 11 is 6.29. The minimum absolute atomic E-state index is 0.315. The Balaban J connectivity index is 1.44. The number of pyridine rings is 1. The minimum Gasteiger partial charge on any atom is -0.399 e. The largest absolute Gasteiger partial charge is 0.399 e. The number of ether oxygens (including phenoxy) is 1. The number of nitrogens with zero attached hydrogens (tertiary/aromatic N) is 4. The number of carbonyl (C=O) groups excluding carboxylic acids is 1. The molecule has 0 atom stereocenters. The monoisotopic (exact) mass is 436 g/mol. The Morgan fingerprint density at radius 1 is 1.17 bits per heavy atom. The number of hydrogen-bond donors (Lipinski definition) is 2. The lowest BCUT2D eigenvalue weighted by molar-refractivity contribution is 0.0991. The Bertz CT molecular complexity index is 1050. The van der Waals surface area contributed by atoms with Gasteiger partial charge in [0.1, 0.15) is 23.1 Å². The number of nitrogens with one attached hydrogen (secondary N) is 2. The fraction of sp³-hybridized carbons (Fsp3) is 0.222. The van der Waals surface area contributed by atoms with Crippen LogP contribution in [-0.4, -0.2) is 47.4 Å². The van der Waals surface area contributed by atoms with Crippen molar-refractivity contribution in [3.05, 3.63) is 53.0 Å². The first kappa shape index (κ1) is 20.0. The topological polar surface area (TPSA) is 105 Å². The van der Waals surface area contributed by atoms with Crippen molar-refractivity contribution in [2.75, 3.05) is 41.8 Å². The van der Waals surface area contributed by atoms with E-state index in [1.54, 1.807) is 6.07 Å². The Labute approximate surface area is 174 Å². The van der Waals surface area contributed by atoms with Gasteiger partial charge in [-0.15, -0.1) is 5.10 Å². The summed E-state index contributed by atoms with van der Waals surface area (Å²) in [7, 11) is 0. The zero-order valence-electron chi connectivity index (χ0n) is 15.4. The molecule has 0 unspecified atom stereocenters. The zero-order chi connectivity index (χ0) is 21.1. The number of halogens is 3. The van der Waals surface area contributed by atoms with Crippen molar-refractivity contribution < 1.29 is 22.7 Å². The normalized spacial score (nSPS) is 13.9. The molecule has 156 valence electrons. The molecule has 0 radical (unpaired) electrons. The van der Waals surface area contributed by atoms with Crippen LogP contribution >= 0.6 is 11.6 Å². The van der Waals surface area contributed by atoms with Crippen molar-refractivity contribution in [2.45, 2.75) is 0 Å². The fourth-order valence-corrected chi connectivity index (χ4v) is 3.07. The summed E-state index contributed by atoms with van der Waals surface area (Å²) in [5.74, 6) is -2.25. The van der Waals surface area contributed by atoms with Gasteiger partial charge in [0, 0.05) is 13.1 Å². The van der Waals surface area contributed by atoms with E-state index in [2.05, 4.69) is 25.8 Å². The molecule has 3 aromatic rings. The van der Waals surface area contributed by atoms with Crippen LogP contribution in [0.4, 0.5) is 32.0 Å². The molecular weight excluding hydrogens is 422 g/mol. The van der Waals surface area contributed by atoms with Gasteiger partial charge in [0.05, 0.1) is 30.1 Å². The molecule has 1 aliphatic heterocycles. The lowest BCUT2D eigenvalue weighted by Crippen LogP contribution is -2.36. The number of aromatic nitrogens is 3. The van der Waals surface area contributed by atoms with Crippen LogP contribution in [0.1, 0.15) is 10.7 Å². The van der Waals surface area contributed by atoms with E-state index in [4.69, 9.17) is 20.8 Å². The number of benzene rings is 1. The molecule has 3 heterocycles. The van der Waals surface area contributed by atoms with Crippen molar-refractivity contribution >= 4 is 40.7 Å². The third-order valence-corrected chi connectivity index (χ3v) is 4.48. The molecule has 2 aromatic heterocycles. The molecule has 0 bridgehead atoms. The van der Waals surface area contributed by atoms with Crippen molar-refractivity contribution in [3.63, 3.8) is 0 Å². The first-order valence-electron chi connectivity index (χ1n) is 8.85. The highest BCUT2D eigenvalue weighted by Crippen LogP contribution is 2.27. The lowest BCUT2D eigenvalue weighted by atomic mass is 10.3. The molecule has 2 N–H and O–H groups in total. The van der Waals surface area contributed by atoms with Crippen molar-refractivity contribution in [3.8, 4) is 0 Å². The van der Waals surface area contributed by atoms with Crippen LogP contribution in [0.3, 0.4) is 0 Å². The third-order valence-electron chi connectivity index (χ3n) is 4.20. The Morgan fingerprint density at radius 2 is 1.90 bits per heavy atom. The van der Waals surface area contributed by atoms with E-state index in [-0.39, 0.29) is 6.01 Å². The fourth-order valence-electron chi connectivity index (χ4n) is 2.78. The summed E-state index contributed by atoms with van der Waals surface area (Å²) in [4.78, 5) is 18.6. The van der Waals surface area contributed by atoms with Gasteiger partial charge in [0.2, 0.25) is 0 Å². The van der Waals surface area contributed by atoms with E-state index < -0.39 is 29.1 Å². The smallest absolute Gasteiger partial charge is 0.320 e. The van der Waals surface area contributed by atoms with E-state index in [9.17, 15) is 13.6 Å². The maximum atomic E-state index is 13.7. The average Bonchev–Trinajstić information content (AvgIpc) is 3.21. The number of amides is 1. The van der Waals surface area contributed by atoms with Gasteiger partial charge in [-0.25, -0.2) is 13.8 Å². The van der Waals surface area contributed by atoms with E-state index in [1.807, 2.05) is 4.90 Å². The molecule has 4 rings (SSSR count). The lowest BCUT2D eigenvalue weighted by Gasteiger charge is -2.28. The molecule has 30 heavy (non-hydrogen) atoms. The maximum Gasteiger partial charge on any atom is 0.320 e. The molecule has 1 aliphatic rings. The first-order valence-corrected chi connectivity index (χ1v) is 9.23. The molecular formula is C18H15ClF2N6O3. The van der Waals surface area contributed by atoms with Crippen LogP contribution in [0, 0.1) is 11.6 Å². The molecule has 1 fully saturated rings. The van der Waals surface area contributed by atoms with E-state index in [0.29, 0.717) is 42.8 Å². The highest BCUT2D eigenvalue weighted by molar-refractivity contribution is 6.33. The van der Waals surface area contributed by atoms with Gasteiger partial charge in [-0.2, -0.15) is 0 Å². The minimum atomic E-state index is -0.847. The molecule has 0 aliphatic carbocycles. The quantitative estimate of drug-likeness (QED) is 0.628. The molecule has 1 amide bonds. The predicted octanol–water partition coefficient (Wildman–Crippen LogP) is 3.23. The molecule has 1 saturated heterocycles. The number of morpholine rings is 1. The Morgan fingerprint density at radius 3 is 2.60 bits per heavy atom. The highest BCUT2D eigenvalue weighted by atomic mass is 35.5. The van der Waals surface area contributed by atoms with Crippen LogP contribution < -0.4 is 15.5 Å². The zero-order valence-corrected chi connectivity index (χ0v) is 16.1. The molecule has 0 saturated carbocycles. The standard InChI is InChI=1S/C18H15ClF2N6O3/c19-11-8-10(9-22-15(11)27-4-6-29-7-5-27)23-16(28)17-25-26-18(30-17)24-14-12(20)2-1-3-13(14)21/h1-3,8-9H,4-7H2,(H,23,28)(H,24,26). The number of anilines is 4. The van der Waals surface area contributed by atoms with Crippen LogP contribution in [0.25, 0.3) is 0 Å². The summed E-state index contributed by atoms with van der Waals surface area (Å²) < 4.78 is 37.8. The molecule has 0 spiro atoms. The second-order valence-corrected chi connectivity index (χ2v) is 6.62. The van der Waals surface area contributed by atoms with Gasteiger partial charge < -0.3 is 24.7 Å².